The zero-order valence-electron chi connectivity index (χ0n) is 8.91. The van der Waals surface area contributed by atoms with E-state index in [4.69, 9.17) is 5.11 Å². The van der Waals surface area contributed by atoms with Gasteiger partial charge in [0.15, 0.2) is 4.34 Å². The quantitative estimate of drug-likeness (QED) is 0.926. The van der Waals surface area contributed by atoms with Crippen LogP contribution in [0.3, 0.4) is 0 Å². The first-order chi connectivity index (χ1) is 8.09. The van der Waals surface area contributed by atoms with Crippen LogP contribution in [0.1, 0.15) is 15.4 Å². The molecule has 0 saturated heterocycles. The molecule has 0 spiro atoms. The molecule has 2 aromatic rings. The van der Waals surface area contributed by atoms with Crippen LogP contribution in [0.2, 0.25) is 0 Å². The first-order valence-electron chi connectivity index (χ1n) is 4.77. The van der Waals surface area contributed by atoms with Crippen molar-refractivity contribution in [2.45, 2.75) is 16.2 Å². The number of aromatic nitrogens is 1. The monoisotopic (exact) mass is 267 g/mol. The molecular weight excluding hydrogens is 258 g/mol. The number of rotatable bonds is 3. The lowest BCUT2D eigenvalue weighted by molar-refractivity contribution is 0.0701. The van der Waals surface area contributed by atoms with Crippen LogP contribution in [0.25, 0.3) is 0 Å². The van der Waals surface area contributed by atoms with Crippen LogP contribution in [0, 0.1) is 6.92 Å². The summed E-state index contributed by atoms with van der Waals surface area (Å²) in [5.74, 6) is -1.03. The maximum Gasteiger partial charge on any atom is 0.347 e. The number of thiazole rings is 1. The number of nitrogens with zero attached hydrogens (tertiary/aromatic N) is 1. The highest BCUT2D eigenvalue weighted by molar-refractivity contribution is 7.87. The molecule has 0 aliphatic heterocycles. The van der Waals surface area contributed by atoms with Crippen LogP contribution < -0.4 is 0 Å². The van der Waals surface area contributed by atoms with E-state index in [2.05, 4.69) is 4.98 Å². The summed E-state index contributed by atoms with van der Waals surface area (Å²) >= 11 is 0.960. The Bertz CT molecular complexity index is 578. The summed E-state index contributed by atoms with van der Waals surface area (Å²) in [5, 5.41) is 8.90. The molecular formula is C11H9NO3S2. The smallest absolute Gasteiger partial charge is 0.347 e. The van der Waals surface area contributed by atoms with Gasteiger partial charge in [-0.05, 0) is 19.1 Å². The molecule has 1 aromatic carbocycles. The van der Waals surface area contributed by atoms with Crippen molar-refractivity contribution in [3.63, 3.8) is 0 Å². The zero-order valence-corrected chi connectivity index (χ0v) is 10.5. The molecule has 4 nitrogen and oxygen atoms in total. The van der Waals surface area contributed by atoms with Gasteiger partial charge in [-0.25, -0.2) is 14.0 Å². The normalized spacial score (nSPS) is 12.3. The second-order valence-corrected chi connectivity index (χ2v) is 5.93. The van der Waals surface area contributed by atoms with Crippen LogP contribution in [0.4, 0.5) is 0 Å². The number of aryl methyl sites for hydroxylation is 1. The van der Waals surface area contributed by atoms with Gasteiger partial charge in [-0.1, -0.05) is 29.5 Å². The molecule has 6 heteroatoms. The summed E-state index contributed by atoms with van der Waals surface area (Å²) < 4.78 is 12.4. The van der Waals surface area contributed by atoms with Gasteiger partial charge in [-0.2, -0.15) is 0 Å². The Morgan fingerprint density at radius 1 is 1.35 bits per heavy atom. The summed E-state index contributed by atoms with van der Waals surface area (Å²) in [6.45, 7) is 1.60. The lowest BCUT2D eigenvalue weighted by Gasteiger charge is -1.96. The molecule has 0 aliphatic carbocycles. The molecule has 1 unspecified atom stereocenters. The van der Waals surface area contributed by atoms with Gasteiger partial charge in [0.1, 0.15) is 15.7 Å². The van der Waals surface area contributed by atoms with Crippen molar-refractivity contribution in [3.05, 3.63) is 40.9 Å². The molecule has 0 amide bonds. The van der Waals surface area contributed by atoms with Crippen molar-refractivity contribution in [1.29, 1.82) is 0 Å². The van der Waals surface area contributed by atoms with E-state index in [9.17, 15) is 9.00 Å². The summed E-state index contributed by atoms with van der Waals surface area (Å²) in [4.78, 5) is 15.7. The third kappa shape index (κ3) is 2.42. The molecule has 0 fully saturated rings. The SMILES string of the molecule is Cc1nc(S(=O)c2ccccc2)sc1C(=O)O. The van der Waals surface area contributed by atoms with E-state index < -0.39 is 16.8 Å². The van der Waals surface area contributed by atoms with Crippen LogP contribution >= 0.6 is 11.3 Å². The average molecular weight is 267 g/mol. The van der Waals surface area contributed by atoms with E-state index in [0.29, 0.717) is 14.9 Å². The number of benzene rings is 1. The maximum atomic E-state index is 12.1. The third-order valence-corrected chi connectivity index (χ3v) is 4.84. The van der Waals surface area contributed by atoms with Crippen molar-refractivity contribution in [3.8, 4) is 0 Å². The van der Waals surface area contributed by atoms with Gasteiger partial charge in [0, 0.05) is 4.90 Å². The third-order valence-electron chi connectivity index (χ3n) is 2.09. The summed E-state index contributed by atoms with van der Waals surface area (Å²) in [6, 6.07) is 8.86. The van der Waals surface area contributed by atoms with E-state index in [1.54, 1.807) is 31.2 Å². The predicted octanol–water partition coefficient (Wildman–Crippen LogP) is 2.32. The number of aromatic carboxylic acids is 1. The summed E-state index contributed by atoms with van der Waals surface area (Å²) in [7, 11) is -1.41. The minimum Gasteiger partial charge on any atom is -0.477 e. The maximum absolute atomic E-state index is 12.1. The predicted molar refractivity (Wildman–Crippen MR) is 64.9 cm³/mol. The van der Waals surface area contributed by atoms with Crippen LogP contribution in [0.15, 0.2) is 39.6 Å². The van der Waals surface area contributed by atoms with Gasteiger partial charge in [-0.15, -0.1) is 0 Å². The van der Waals surface area contributed by atoms with Crippen LogP contribution in [-0.4, -0.2) is 20.3 Å². The topological polar surface area (TPSA) is 67.3 Å². The van der Waals surface area contributed by atoms with Crippen LogP contribution in [-0.2, 0) is 10.8 Å². The van der Waals surface area contributed by atoms with Gasteiger partial charge < -0.3 is 5.11 Å². The van der Waals surface area contributed by atoms with Crippen molar-refractivity contribution in [2.24, 2.45) is 0 Å². The fraction of sp³-hybridized carbons (Fsp3) is 0.0909. The Morgan fingerprint density at radius 2 is 2.00 bits per heavy atom. The fourth-order valence-corrected chi connectivity index (χ4v) is 3.60. The molecule has 1 N–H and O–H groups in total. The van der Waals surface area contributed by atoms with Gasteiger partial charge in [0.25, 0.3) is 0 Å². The van der Waals surface area contributed by atoms with Gasteiger partial charge in [-0.3, -0.25) is 0 Å². The number of carbonyl (C=O) groups is 1. The molecule has 1 heterocycles. The Kier molecular flexibility index (Phi) is 3.35. The lowest BCUT2D eigenvalue weighted by Crippen LogP contribution is -1.94. The first kappa shape index (κ1) is 11.9. The molecule has 1 aromatic heterocycles. The first-order valence-corrected chi connectivity index (χ1v) is 6.74. The average Bonchev–Trinajstić information content (AvgIpc) is 2.71. The largest absolute Gasteiger partial charge is 0.477 e. The second kappa shape index (κ2) is 4.77. The van der Waals surface area contributed by atoms with E-state index >= 15 is 0 Å². The van der Waals surface area contributed by atoms with E-state index in [-0.39, 0.29) is 4.88 Å². The Balaban J connectivity index is 2.39. The van der Waals surface area contributed by atoms with Crippen molar-refractivity contribution in [2.75, 3.05) is 0 Å². The fourth-order valence-electron chi connectivity index (χ4n) is 1.29. The summed E-state index contributed by atoms with van der Waals surface area (Å²) in [6.07, 6.45) is 0. The standard InChI is InChI=1S/C11H9NO3S2/c1-7-9(10(13)14)16-11(12-7)17(15)8-5-3-2-4-6-8/h2-6H,1H3,(H,13,14). The zero-order chi connectivity index (χ0) is 12.4. The van der Waals surface area contributed by atoms with Crippen molar-refractivity contribution in [1.82, 2.24) is 4.98 Å². The van der Waals surface area contributed by atoms with E-state index in [1.807, 2.05) is 6.07 Å². The number of carboxylic acid groups (broad SMARTS) is 1. The second-order valence-electron chi connectivity index (χ2n) is 3.28. The highest BCUT2D eigenvalue weighted by Gasteiger charge is 2.18. The minimum atomic E-state index is -1.41. The highest BCUT2D eigenvalue weighted by atomic mass is 32.2. The molecule has 2 rings (SSSR count). The van der Waals surface area contributed by atoms with E-state index in [0.717, 1.165) is 11.3 Å². The molecule has 0 saturated carbocycles. The molecule has 17 heavy (non-hydrogen) atoms. The van der Waals surface area contributed by atoms with Gasteiger partial charge in [0.05, 0.1) is 5.69 Å². The minimum absolute atomic E-state index is 0.143. The Hall–Kier alpha value is -1.53. The number of hydrogen-bond acceptors (Lipinski definition) is 4. The van der Waals surface area contributed by atoms with Gasteiger partial charge >= 0.3 is 5.97 Å². The van der Waals surface area contributed by atoms with Crippen molar-refractivity contribution >= 4 is 28.1 Å². The molecule has 0 bridgehead atoms. The molecule has 0 aliphatic rings. The highest BCUT2D eigenvalue weighted by Crippen LogP contribution is 2.24. The number of carboxylic acids is 1. The molecule has 0 radical (unpaired) electrons. The lowest BCUT2D eigenvalue weighted by atomic mass is 10.4. The van der Waals surface area contributed by atoms with Gasteiger partial charge in [0.2, 0.25) is 0 Å². The number of hydrogen-bond donors (Lipinski definition) is 1. The van der Waals surface area contributed by atoms with Crippen molar-refractivity contribution < 1.29 is 14.1 Å². The molecule has 88 valence electrons. The Labute approximate surface area is 104 Å². The van der Waals surface area contributed by atoms with E-state index in [1.165, 1.54) is 0 Å². The Morgan fingerprint density at radius 3 is 2.53 bits per heavy atom. The molecule has 1 atom stereocenters. The van der Waals surface area contributed by atoms with Crippen LogP contribution in [0.5, 0.6) is 0 Å². The summed E-state index contributed by atoms with van der Waals surface area (Å²) in [5.41, 5.74) is 0.404.